The summed E-state index contributed by atoms with van der Waals surface area (Å²) in [5.41, 5.74) is 0. The van der Waals surface area contributed by atoms with Gasteiger partial charge in [-0.25, -0.2) is 17.9 Å². The molecule has 0 spiro atoms. The molecule has 1 aliphatic rings. The molecule has 2 rings (SSSR count). The minimum atomic E-state index is -5.80. The highest BCUT2D eigenvalue weighted by molar-refractivity contribution is 7.89. The highest BCUT2D eigenvalue weighted by Gasteiger charge is 2.60. The molecule has 1 aliphatic heterocycles. The lowest BCUT2D eigenvalue weighted by Gasteiger charge is -2.33. The van der Waals surface area contributed by atoms with Gasteiger partial charge in [0.05, 0.1) is 14.2 Å². The van der Waals surface area contributed by atoms with Gasteiger partial charge in [0.1, 0.15) is 16.4 Å². The van der Waals surface area contributed by atoms with Gasteiger partial charge in [-0.15, -0.1) is 0 Å². The number of alkyl halides is 6. The maximum atomic E-state index is 12.7. The number of piperidine rings is 1. The minimum absolute atomic E-state index is 0.0701. The fraction of sp³-hybridized carbons (Fsp3) is 0.611. The van der Waals surface area contributed by atoms with Crippen molar-refractivity contribution in [2.24, 2.45) is 5.92 Å². The first-order valence-corrected chi connectivity index (χ1v) is 11.0. The number of nitrogens with one attached hydrogen (secondary N) is 1. The smallest absolute Gasteiger partial charge is 0.434 e. The molecule has 1 amide bonds. The van der Waals surface area contributed by atoms with Crippen molar-refractivity contribution in [1.29, 1.82) is 0 Å². The largest absolute Gasteiger partial charge is 0.497 e. The van der Waals surface area contributed by atoms with Gasteiger partial charge in [-0.2, -0.15) is 26.3 Å². The standard InChI is InChI=1S/C18H22F6N2O6S/c1-30-12-3-4-13(31-2)14(9-12)33(28,29)25-10-11-5-7-26(8-6-11)16(27)32-15(17(19,20)21)18(22,23)24/h3-4,9,11,15,25H,5-8,10H2,1-2H3. The van der Waals surface area contributed by atoms with Crippen LogP contribution in [-0.4, -0.2) is 71.7 Å². The number of nitrogens with zero attached hydrogens (tertiary/aromatic N) is 1. The number of amides is 1. The molecular formula is C18H22F6N2O6S. The Morgan fingerprint density at radius 1 is 1.09 bits per heavy atom. The van der Waals surface area contributed by atoms with Crippen LogP contribution < -0.4 is 14.2 Å². The van der Waals surface area contributed by atoms with Crippen LogP contribution in [0.25, 0.3) is 0 Å². The second kappa shape index (κ2) is 10.2. The molecule has 1 saturated heterocycles. The van der Waals surface area contributed by atoms with Crippen molar-refractivity contribution in [3.8, 4) is 11.5 Å². The first-order chi connectivity index (χ1) is 15.2. The summed E-state index contributed by atoms with van der Waals surface area (Å²) in [4.78, 5) is 12.4. The number of hydrogen-bond acceptors (Lipinski definition) is 6. The van der Waals surface area contributed by atoms with E-state index in [9.17, 15) is 39.6 Å². The Balaban J connectivity index is 1.95. The van der Waals surface area contributed by atoms with Gasteiger partial charge in [0.25, 0.3) is 6.10 Å². The summed E-state index contributed by atoms with van der Waals surface area (Å²) >= 11 is 0. The molecule has 1 aromatic carbocycles. The van der Waals surface area contributed by atoms with E-state index in [1.165, 1.54) is 32.4 Å². The van der Waals surface area contributed by atoms with E-state index in [0.29, 0.717) is 0 Å². The van der Waals surface area contributed by atoms with Crippen molar-refractivity contribution in [3.05, 3.63) is 18.2 Å². The highest BCUT2D eigenvalue weighted by Crippen LogP contribution is 2.36. The maximum Gasteiger partial charge on any atom is 0.434 e. The first-order valence-electron chi connectivity index (χ1n) is 9.49. The van der Waals surface area contributed by atoms with E-state index in [1.807, 2.05) is 0 Å². The number of methoxy groups -OCH3 is 2. The topological polar surface area (TPSA) is 94.2 Å². The monoisotopic (exact) mass is 508 g/mol. The lowest BCUT2D eigenvalue weighted by Crippen LogP contribution is -2.49. The van der Waals surface area contributed by atoms with Crippen LogP contribution in [0.5, 0.6) is 11.5 Å². The maximum absolute atomic E-state index is 12.7. The SMILES string of the molecule is COc1ccc(OC)c(S(=O)(=O)NCC2CCN(C(=O)OC(C(F)(F)F)C(F)(F)F)CC2)c1. The molecule has 33 heavy (non-hydrogen) atoms. The minimum Gasteiger partial charge on any atom is -0.497 e. The predicted molar refractivity (Wildman–Crippen MR) is 101 cm³/mol. The zero-order valence-corrected chi connectivity index (χ0v) is 18.3. The fourth-order valence-electron chi connectivity index (χ4n) is 3.11. The van der Waals surface area contributed by atoms with Crippen LogP contribution in [0, 0.1) is 5.92 Å². The van der Waals surface area contributed by atoms with Gasteiger partial charge in [0.2, 0.25) is 10.0 Å². The number of ether oxygens (including phenoxy) is 3. The Morgan fingerprint density at radius 2 is 1.67 bits per heavy atom. The first kappa shape index (κ1) is 26.8. The number of sulfonamides is 1. The van der Waals surface area contributed by atoms with Crippen LogP contribution >= 0.6 is 0 Å². The van der Waals surface area contributed by atoms with Crippen LogP contribution in [-0.2, 0) is 14.8 Å². The summed E-state index contributed by atoms with van der Waals surface area (Å²) in [6, 6.07) is 4.18. The average molecular weight is 508 g/mol. The Morgan fingerprint density at radius 3 is 2.15 bits per heavy atom. The number of likely N-dealkylation sites (tertiary alicyclic amines) is 1. The van der Waals surface area contributed by atoms with E-state index in [1.54, 1.807) is 0 Å². The number of hydrogen-bond donors (Lipinski definition) is 1. The highest BCUT2D eigenvalue weighted by atomic mass is 32.2. The van der Waals surface area contributed by atoms with Crippen LogP contribution in [0.3, 0.4) is 0 Å². The van der Waals surface area contributed by atoms with Crippen molar-refractivity contribution in [3.63, 3.8) is 0 Å². The Bertz CT molecular complexity index is 915. The van der Waals surface area contributed by atoms with Crippen LogP contribution in [0.2, 0.25) is 0 Å². The summed E-state index contributed by atoms with van der Waals surface area (Å²) in [5, 5.41) is 0. The summed E-state index contributed by atoms with van der Waals surface area (Å²) in [7, 11) is -1.38. The van der Waals surface area contributed by atoms with E-state index in [0.717, 1.165) is 4.90 Å². The van der Waals surface area contributed by atoms with Gasteiger partial charge < -0.3 is 19.1 Å². The second-order valence-electron chi connectivity index (χ2n) is 7.15. The number of carbonyl (C=O) groups is 1. The molecule has 0 atom stereocenters. The number of halogens is 6. The fourth-order valence-corrected chi connectivity index (χ4v) is 4.41. The van der Waals surface area contributed by atoms with Gasteiger partial charge in [-0.05, 0) is 30.9 Å². The van der Waals surface area contributed by atoms with Crippen molar-refractivity contribution in [2.45, 2.75) is 36.2 Å². The molecule has 1 fully saturated rings. The number of benzene rings is 1. The van der Waals surface area contributed by atoms with Crippen LogP contribution in [0.15, 0.2) is 23.1 Å². The molecule has 188 valence electrons. The van der Waals surface area contributed by atoms with E-state index < -0.39 is 34.6 Å². The molecule has 1 aromatic rings. The van der Waals surface area contributed by atoms with Crippen molar-refractivity contribution >= 4 is 16.1 Å². The molecule has 0 radical (unpaired) electrons. The Kier molecular flexibility index (Phi) is 8.32. The normalized spacial score (nSPS) is 16.1. The zero-order chi connectivity index (χ0) is 25.0. The average Bonchev–Trinajstić information content (AvgIpc) is 2.74. The summed E-state index contributed by atoms with van der Waals surface area (Å²) in [6.07, 6.45) is -17.3. The number of carbonyl (C=O) groups excluding carboxylic acids is 1. The molecule has 1 heterocycles. The molecule has 0 aromatic heterocycles. The molecule has 8 nitrogen and oxygen atoms in total. The third-order valence-electron chi connectivity index (χ3n) is 4.91. The van der Waals surface area contributed by atoms with E-state index in [4.69, 9.17) is 9.47 Å². The van der Waals surface area contributed by atoms with Crippen LogP contribution in [0.4, 0.5) is 31.1 Å². The van der Waals surface area contributed by atoms with E-state index in [-0.39, 0.29) is 54.8 Å². The Labute approximate surface area is 185 Å². The summed E-state index contributed by atoms with van der Waals surface area (Å²) in [6.45, 7) is -0.467. The molecule has 0 bridgehead atoms. The predicted octanol–water partition coefficient (Wildman–Crippen LogP) is 3.32. The van der Waals surface area contributed by atoms with Gasteiger partial charge in [-0.1, -0.05) is 0 Å². The number of rotatable bonds is 7. The van der Waals surface area contributed by atoms with Gasteiger partial charge in [0, 0.05) is 25.7 Å². The lowest BCUT2D eigenvalue weighted by atomic mass is 9.97. The lowest BCUT2D eigenvalue weighted by molar-refractivity contribution is -0.308. The summed E-state index contributed by atoms with van der Waals surface area (Å²) in [5.74, 6) is 0.0326. The van der Waals surface area contributed by atoms with E-state index >= 15 is 0 Å². The van der Waals surface area contributed by atoms with E-state index in [2.05, 4.69) is 9.46 Å². The molecular weight excluding hydrogens is 486 g/mol. The zero-order valence-electron chi connectivity index (χ0n) is 17.5. The molecule has 1 N–H and O–H groups in total. The van der Waals surface area contributed by atoms with Crippen LogP contribution in [0.1, 0.15) is 12.8 Å². The van der Waals surface area contributed by atoms with Crippen molar-refractivity contribution in [2.75, 3.05) is 33.9 Å². The van der Waals surface area contributed by atoms with Gasteiger partial charge in [-0.3, -0.25) is 0 Å². The third-order valence-corrected chi connectivity index (χ3v) is 6.35. The Hall–Kier alpha value is -2.42. The molecule has 15 heteroatoms. The third kappa shape index (κ3) is 7.03. The summed E-state index contributed by atoms with van der Waals surface area (Å²) < 4.78 is 117. The molecule has 0 unspecified atom stereocenters. The quantitative estimate of drug-likeness (QED) is 0.568. The van der Waals surface area contributed by atoms with Gasteiger partial charge in [0.15, 0.2) is 0 Å². The molecule has 0 aliphatic carbocycles. The van der Waals surface area contributed by atoms with Crippen molar-refractivity contribution < 1.29 is 53.8 Å². The molecule has 0 saturated carbocycles. The van der Waals surface area contributed by atoms with Gasteiger partial charge >= 0.3 is 18.4 Å². The second-order valence-corrected chi connectivity index (χ2v) is 8.88. The van der Waals surface area contributed by atoms with Crippen molar-refractivity contribution in [1.82, 2.24) is 9.62 Å².